The Morgan fingerprint density at radius 2 is 1.82 bits per heavy atom. The van der Waals surface area contributed by atoms with Crippen LogP contribution in [-0.4, -0.2) is 25.9 Å². The molecule has 4 rings (SSSR count). The number of carbonyl (C=O) groups is 1. The second kappa shape index (κ2) is 9.00. The summed E-state index contributed by atoms with van der Waals surface area (Å²) in [5.74, 6) is -0.725. The lowest BCUT2D eigenvalue weighted by Crippen LogP contribution is -2.15. The Morgan fingerprint density at radius 1 is 1.06 bits per heavy atom. The topological polar surface area (TPSA) is 116 Å². The van der Waals surface area contributed by atoms with Crippen LogP contribution in [0.5, 0.6) is 0 Å². The second-order valence-corrected chi connectivity index (χ2v) is 9.56. The lowest BCUT2D eigenvalue weighted by atomic mass is 10.0. The van der Waals surface area contributed by atoms with E-state index in [1.54, 1.807) is 30.5 Å². The normalized spacial score (nSPS) is 11.3. The van der Waals surface area contributed by atoms with Gasteiger partial charge in [-0.2, -0.15) is 0 Å². The minimum atomic E-state index is -4.02. The highest BCUT2D eigenvalue weighted by atomic mass is 32.2. The van der Waals surface area contributed by atoms with Gasteiger partial charge in [-0.15, -0.1) is 11.3 Å². The third-order valence-corrected chi connectivity index (χ3v) is 7.27. The van der Waals surface area contributed by atoms with Crippen molar-refractivity contribution in [1.82, 2.24) is 0 Å². The minimum Gasteiger partial charge on any atom is -0.462 e. The molecule has 0 spiro atoms. The number of fused-ring (bicyclic) bond motifs is 1. The molecule has 0 bridgehead atoms. The molecule has 33 heavy (non-hydrogen) atoms. The fourth-order valence-corrected chi connectivity index (χ4v) is 5.67. The molecule has 0 unspecified atom stereocenters. The van der Waals surface area contributed by atoms with Crippen molar-refractivity contribution in [3.8, 4) is 11.1 Å². The first-order valence-corrected chi connectivity index (χ1v) is 12.2. The highest BCUT2D eigenvalue weighted by Gasteiger charge is 2.26. The quantitative estimate of drug-likeness (QED) is 0.213. The number of nitrogens with one attached hydrogen (secondary N) is 1. The average Bonchev–Trinajstić information content (AvgIpc) is 3.22. The number of hydrogen-bond acceptors (Lipinski definition) is 7. The molecule has 10 heteroatoms. The molecule has 4 aromatic rings. The van der Waals surface area contributed by atoms with Crippen LogP contribution < -0.4 is 4.72 Å². The number of sulfonamides is 1. The van der Waals surface area contributed by atoms with Crippen molar-refractivity contribution in [3.05, 3.63) is 87.8 Å². The number of ether oxygens (including phenoxy) is 1. The van der Waals surface area contributed by atoms with Gasteiger partial charge in [0.25, 0.3) is 15.7 Å². The van der Waals surface area contributed by atoms with Gasteiger partial charge < -0.3 is 4.74 Å². The molecule has 1 aromatic heterocycles. The van der Waals surface area contributed by atoms with Crippen molar-refractivity contribution in [3.63, 3.8) is 0 Å². The maximum Gasteiger partial charge on any atom is 0.341 e. The van der Waals surface area contributed by atoms with Crippen molar-refractivity contribution in [2.45, 2.75) is 11.8 Å². The number of anilines is 1. The molecule has 0 saturated carbocycles. The number of benzene rings is 3. The molecule has 168 valence electrons. The largest absolute Gasteiger partial charge is 0.462 e. The lowest BCUT2D eigenvalue weighted by Gasteiger charge is -2.11. The lowest BCUT2D eigenvalue weighted by molar-refractivity contribution is -0.384. The van der Waals surface area contributed by atoms with Gasteiger partial charge in [-0.25, -0.2) is 13.2 Å². The van der Waals surface area contributed by atoms with Gasteiger partial charge >= 0.3 is 5.97 Å². The predicted molar refractivity (Wildman–Crippen MR) is 127 cm³/mol. The number of nitrogens with zero attached hydrogens (tertiary/aromatic N) is 1. The Morgan fingerprint density at radius 3 is 2.55 bits per heavy atom. The number of nitro benzene ring substituents is 1. The molecule has 0 aliphatic rings. The Bertz CT molecular complexity index is 1480. The third kappa shape index (κ3) is 4.57. The van der Waals surface area contributed by atoms with E-state index in [1.807, 2.05) is 24.3 Å². The van der Waals surface area contributed by atoms with Crippen molar-refractivity contribution in [2.75, 3.05) is 11.3 Å². The van der Waals surface area contributed by atoms with Gasteiger partial charge in [0.15, 0.2) is 0 Å². The number of nitro groups is 1. The molecule has 0 fully saturated rings. The van der Waals surface area contributed by atoms with Crippen LogP contribution in [0.2, 0.25) is 0 Å². The van der Waals surface area contributed by atoms with Gasteiger partial charge in [0.1, 0.15) is 10.6 Å². The summed E-state index contributed by atoms with van der Waals surface area (Å²) in [6.45, 7) is 1.72. The van der Waals surface area contributed by atoms with E-state index >= 15 is 0 Å². The van der Waals surface area contributed by atoms with Crippen molar-refractivity contribution in [2.24, 2.45) is 0 Å². The first-order valence-electron chi connectivity index (χ1n) is 9.85. The number of esters is 1. The van der Waals surface area contributed by atoms with E-state index in [1.165, 1.54) is 24.3 Å². The number of hydrogen-bond donors (Lipinski definition) is 1. The molecule has 0 radical (unpaired) electrons. The van der Waals surface area contributed by atoms with Gasteiger partial charge in [0, 0.05) is 23.1 Å². The molecule has 0 amide bonds. The molecule has 8 nitrogen and oxygen atoms in total. The Kier molecular flexibility index (Phi) is 6.12. The summed E-state index contributed by atoms with van der Waals surface area (Å²) in [5, 5.41) is 14.5. The van der Waals surface area contributed by atoms with Crippen molar-refractivity contribution >= 4 is 48.8 Å². The molecule has 1 heterocycles. The smallest absolute Gasteiger partial charge is 0.341 e. The maximum atomic E-state index is 13.1. The molecule has 0 aliphatic heterocycles. The van der Waals surface area contributed by atoms with Crippen molar-refractivity contribution < 1.29 is 22.9 Å². The monoisotopic (exact) mass is 482 g/mol. The summed E-state index contributed by atoms with van der Waals surface area (Å²) in [7, 11) is -4.02. The molecule has 3 aromatic carbocycles. The summed E-state index contributed by atoms with van der Waals surface area (Å²) >= 11 is 1.00. The van der Waals surface area contributed by atoms with E-state index in [9.17, 15) is 23.3 Å². The summed E-state index contributed by atoms with van der Waals surface area (Å²) in [4.78, 5) is 23.4. The number of carbonyl (C=O) groups excluding carboxylic acids is 1. The van der Waals surface area contributed by atoms with E-state index in [0.717, 1.165) is 22.1 Å². The molecule has 0 atom stereocenters. The van der Waals surface area contributed by atoms with Crippen LogP contribution in [0.1, 0.15) is 17.3 Å². The number of thiophene rings is 1. The maximum absolute atomic E-state index is 13.1. The van der Waals surface area contributed by atoms with E-state index in [-0.39, 0.29) is 27.8 Å². The Hall–Kier alpha value is -3.76. The van der Waals surface area contributed by atoms with Crippen LogP contribution >= 0.6 is 11.3 Å². The zero-order valence-electron chi connectivity index (χ0n) is 17.3. The van der Waals surface area contributed by atoms with Gasteiger partial charge in [-0.1, -0.05) is 42.5 Å². The molecular weight excluding hydrogens is 464 g/mol. The zero-order chi connectivity index (χ0) is 23.6. The Balaban J connectivity index is 1.77. The summed E-state index contributed by atoms with van der Waals surface area (Å²) < 4.78 is 33.9. The standard InChI is InChI=1S/C23H18N2O6S2/c1-2-31-23(26)21-20(17-8-5-9-18(12-17)25(27)28)14-32-22(21)24-33(29,30)19-11-10-15-6-3-4-7-16(15)13-19/h3-14,24H,2H2,1H3. The van der Waals surface area contributed by atoms with E-state index in [0.29, 0.717) is 11.1 Å². The van der Waals surface area contributed by atoms with Crippen LogP contribution in [0.4, 0.5) is 10.7 Å². The molecule has 0 saturated heterocycles. The molecular formula is C23H18N2O6S2. The van der Waals surface area contributed by atoms with Gasteiger partial charge in [0.2, 0.25) is 0 Å². The second-order valence-electron chi connectivity index (χ2n) is 7.00. The highest BCUT2D eigenvalue weighted by Crippen LogP contribution is 2.38. The van der Waals surface area contributed by atoms with E-state index in [4.69, 9.17) is 4.74 Å². The van der Waals surface area contributed by atoms with Crippen LogP contribution in [0.15, 0.2) is 77.0 Å². The fraction of sp³-hybridized carbons (Fsp3) is 0.0870. The Labute approximate surface area is 193 Å². The first-order chi connectivity index (χ1) is 15.8. The van der Waals surface area contributed by atoms with Crippen LogP contribution in [0.25, 0.3) is 21.9 Å². The first kappa shape index (κ1) is 22.4. The average molecular weight is 483 g/mol. The summed E-state index contributed by atoms with van der Waals surface area (Å²) in [5.41, 5.74) is 0.608. The number of rotatable bonds is 7. The highest BCUT2D eigenvalue weighted by molar-refractivity contribution is 7.93. The van der Waals surface area contributed by atoms with Gasteiger partial charge in [-0.05, 0) is 35.4 Å². The van der Waals surface area contributed by atoms with Crippen LogP contribution in [0.3, 0.4) is 0 Å². The fourth-order valence-electron chi connectivity index (χ4n) is 3.35. The molecule has 1 N–H and O–H groups in total. The predicted octanol–water partition coefficient (Wildman–Crippen LogP) is 5.45. The summed E-state index contributed by atoms with van der Waals surface area (Å²) in [6.07, 6.45) is 0. The summed E-state index contributed by atoms with van der Waals surface area (Å²) in [6, 6.07) is 17.9. The zero-order valence-corrected chi connectivity index (χ0v) is 19.0. The van der Waals surface area contributed by atoms with Gasteiger partial charge in [0.05, 0.1) is 16.4 Å². The number of non-ortho nitro benzene ring substituents is 1. The van der Waals surface area contributed by atoms with Crippen LogP contribution in [-0.2, 0) is 14.8 Å². The van der Waals surface area contributed by atoms with Crippen LogP contribution in [0, 0.1) is 10.1 Å². The SMILES string of the molecule is CCOC(=O)c1c(-c2cccc([N+](=O)[O-])c2)csc1NS(=O)(=O)c1ccc2ccccc2c1. The van der Waals surface area contributed by atoms with E-state index in [2.05, 4.69) is 4.72 Å². The van der Waals surface area contributed by atoms with Gasteiger partial charge in [-0.3, -0.25) is 14.8 Å². The minimum absolute atomic E-state index is 0.00621. The third-order valence-electron chi connectivity index (χ3n) is 4.90. The van der Waals surface area contributed by atoms with E-state index < -0.39 is 20.9 Å². The molecule has 0 aliphatic carbocycles. The van der Waals surface area contributed by atoms with Crippen molar-refractivity contribution in [1.29, 1.82) is 0 Å².